The number of nitrogens with two attached hydrogens (primary N) is 1. The van der Waals surface area contributed by atoms with E-state index in [0.29, 0.717) is 24.4 Å². The van der Waals surface area contributed by atoms with Crippen molar-refractivity contribution in [2.24, 2.45) is 5.14 Å². The zero-order chi connectivity index (χ0) is 16.2. The van der Waals surface area contributed by atoms with E-state index in [0.717, 1.165) is 5.56 Å². The van der Waals surface area contributed by atoms with Gasteiger partial charge in [-0.15, -0.1) is 0 Å². The van der Waals surface area contributed by atoms with Crippen LogP contribution in [0, 0.1) is 0 Å². The van der Waals surface area contributed by atoms with Crippen molar-refractivity contribution in [1.82, 2.24) is 0 Å². The van der Waals surface area contributed by atoms with Crippen molar-refractivity contribution in [3.63, 3.8) is 0 Å². The molecule has 0 aliphatic carbocycles. The second kappa shape index (κ2) is 6.68. The molecule has 0 saturated carbocycles. The van der Waals surface area contributed by atoms with Crippen molar-refractivity contribution in [3.05, 3.63) is 41.7 Å². The van der Waals surface area contributed by atoms with E-state index in [1.54, 1.807) is 0 Å². The summed E-state index contributed by atoms with van der Waals surface area (Å²) in [6.45, 7) is 3.88. The van der Waals surface area contributed by atoms with Gasteiger partial charge in [-0.3, -0.25) is 4.18 Å². The minimum Gasteiger partial charge on any atom is -0.453 e. The predicted molar refractivity (Wildman–Crippen MR) is 82.5 cm³/mol. The minimum atomic E-state index is -3.96. The van der Waals surface area contributed by atoms with E-state index in [-0.39, 0.29) is 13.0 Å². The normalized spacial score (nSPS) is 17.2. The standard InChI is InChI=1S/C15H21NO5S/c1-3-15(4-2)20-13(10-11-19-22(16,17)18)14(21-15)12-8-6-5-7-9-12/h5-9H,3-4,10-11H2,1-2H3,(H2,16,17,18). The van der Waals surface area contributed by atoms with E-state index in [1.807, 2.05) is 44.2 Å². The van der Waals surface area contributed by atoms with E-state index in [1.165, 1.54) is 0 Å². The molecule has 0 amide bonds. The van der Waals surface area contributed by atoms with Gasteiger partial charge >= 0.3 is 10.3 Å². The fourth-order valence-corrected chi connectivity index (χ4v) is 2.61. The molecule has 7 heteroatoms. The number of hydrogen-bond acceptors (Lipinski definition) is 5. The van der Waals surface area contributed by atoms with Crippen molar-refractivity contribution >= 4 is 16.1 Å². The third kappa shape index (κ3) is 4.00. The average molecular weight is 327 g/mol. The summed E-state index contributed by atoms with van der Waals surface area (Å²) in [5, 5.41) is 4.83. The highest BCUT2D eigenvalue weighted by atomic mass is 32.2. The van der Waals surface area contributed by atoms with Gasteiger partial charge in [-0.2, -0.15) is 8.42 Å². The van der Waals surface area contributed by atoms with Gasteiger partial charge in [0, 0.05) is 24.8 Å². The molecule has 0 fully saturated rings. The minimum absolute atomic E-state index is 0.0859. The number of hydrogen-bond donors (Lipinski definition) is 1. The molecule has 1 aromatic rings. The molecule has 1 aromatic carbocycles. The first-order valence-electron chi connectivity index (χ1n) is 7.23. The van der Waals surface area contributed by atoms with E-state index in [4.69, 9.17) is 14.6 Å². The lowest BCUT2D eigenvalue weighted by molar-refractivity contribution is -0.147. The van der Waals surface area contributed by atoms with Gasteiger partial charge in [0.2, 0.25) is 0 Å². The molecule has 0 spiro atoms. The molecule has 6 nitrogen and oxygen atoms in total. The highest BCUT2D eigenvalue weighted by Gasteiger charge is 2.40. The van der Waals surface area contributed by atoms with Gasteiger partial charge in [0.15, 0.2) is 5.76 Å². The largest absolute Gasteiger partial charge is 0.453 e. The third-order valence-electron chi connectivity index (χ3n) is 3.54. The highest BCUT2D eigenvalue weighted by molar-refractivity contribution is 7.84. The fraction of sp³-hybridized carbons (Fsp3) is 0.467. The Morgan fingerprint density at radius 3 is 2.32 bits per heavy atom. The van der Waals surface area contributed by atoms with Gasteiger partial charge in [0.05, 0.1) is 6.61 Å². The van der Waals surface area contributed by atoms with Crippen LogP contribution in [0.15, 0.2) is 36.1 Å². The lowest BCUT2D eigenvalue weighted by Gasteiger charge is -2.26. The van der Waals surface area contributed by atoms with Crippen molar-refractivity contribution in [2.75, 3.05) is 6.61 Å². The topological polar surface area (TPSA) is 87.9 Å². The van der Waals surface area contributed by atoms with Gasteiger partial charge in [-0.05, 0) is 0 Å². The maximum absolute atomic E-state index is 10.9. The summed E-state index contributed by atoms with van der Waals surface area (Å²) >= 11 is 0. The van der Waals surface area contributed by atoms with Crippen LogP contribution < -0.4 is 5.14 Å². The molecule has 1 aliphatic heterocycles. The number of benzene rings is 1. The fourth-order valence-electron chi connectivity index (χ4n) is 2.30. The summed E-state index contributed by atoms with van der Waals surface area (Å²) in [5.41, 5.74) is 0.886. The summed E-state index contributed by atoms with van der Waals surface area (Å²) < 4.78 is 38.3. The molecular formula is C15H21NO5S. The van der Waals surface area contributed by atoms with E-state index in [9.17, 15) is 8.42 Å². The van der Waals surface area contributed by atoms with Crippen LogP contribution in [0.2, 0.25) is 0 Å². The van der Waals surface area contributed by atoms with Gasteiger partial charge in [-0.1, -0.05) is 44.2 Å². The van der Waals surface area contributed by atoms with Crippen LogP contribution in [0.4, 0.5) is 0 Å². The highest BCUT2D eigenvalue weighted by Crippen LogP contribution is 2.41. The average Bonchev–Trinajstić information content (AvgIpc) is 2.87. The second-order valence-corrected chi connectivity index (χ2v) is 6.23. The molecule has 0 radical (unpaired) electrons. The van der Waals surface area contributed by atoms with Gasteiger partial charge < -0.3 is 9.47 Å². The molecule has 0 unspecified atom stereocenters. The van der Waals surface area contributed by atoms with Gasteiger partial charge in [0.1, 0.15) is 5.76 Å². The van der Waals surface area contributed by atoms with E-state index < -0.39 is 16.1 Å². The van der Waals surface area contributed by atoms with E-state index >= 15 is 0 Å². The monoisotopic (exact) mass is 327 g/mol. The molecule has 2 rings (SSSR count). The Hall–Kier alpha value is -1.57. The van der Waals surface area contributed by atoms with Crippen molar-refractivity contribution < 1.29 is 22.1 Å². The molecule has 0 saturated heterocycles. The summed E-state index contributed by atoms with van der Waals surface area (Å²) in [5.74, 6) is 0.503. The summed E-state index contributed by atoms with van der Waals surface area (Å²) in [6.07, 6.45) is 1.63. The first-order chi connectivity index (χ1) is 10.4. The second-order valence-electron chi connectivity index (χ2n) is 5.01. The maximum atomic E-state index is 10.9. The molecule has 1 aliphatic rings. The Balaban J connectivity index is 2.22. The third-order valence-corrected chi connectivity index (χ3v) is 4.04. The molecule has 1 heterocycles. The van der Waals surface area contributed by atoms with Crippen LogP contribution in [-0.4, -0.2) is 20.8 Å². The van der Waals surface area contributed by atoms with Crippen molar-refractivity contribution in [2.45, 2.75) is 38.9 Å². The zero-order valence-electron chi connectivity index (χ0n) is 12.7. The summed E-state index contributed by atoms with van der Waals surface area (Å²) in [4.78, 5) is 0. The van der Waals surface area contributed by atoms with Crippen LogP contribution >= 0.6 is 0 Å². The Bertz CT molecular complexity index is 635. The molecule has 122 valence electrons. The maximum Gasteiger partial charge on any atom is 0.333 e. The molecule has 2 N–H and O–H groups in total. The van der Waals surface area contributed by atoms with Crippen LogP contribution in [0.25, 0.3) is 5.76 Å². The van der Waals surface area contributed by atoms with Crippen LogP contribution in [0.3, 0.4) is 0 Å². The summed E-state index contributed by atoms with van der Waals surface area (Å²) in [7, 11) is -3.96. The van der Waals surface area contributed by atoms with Crippen LogP contribution in [0.5, 0.6) is 0 Å². The lowest BCUT2D eigenvalue weighted by Crippen LogP contribution is -2.28. The van der Waals surface area contributed by atoms with Gasteiger partial charge in [0.25, 0.3) is 5.79 Å². The molecule has 0 aromatic heterocycles. The quantitative estimate of drug-likeness (QED) is 0.831. The van der Waals surface area contributed by atoms with E-state index in [2.05, 4.69) is 4.18 Å². The van der Waals surface area contributed by atoms with Crippen LogP contribution in [-0.2, 0) is 24.0 Å². The van der Waals surface area contributed by atoms with Gasteiger partial charge in [-0.25, -0.2) is 5.14 Å². The predicted octanol–water partition coefficient (Wildman–Crippen LogP) is 2.53. The Morgan fingerprint density at radius 1 is 1.14 bits per heavy atom. The Kier molecular flexibility index (Phi) is 5.10. The molecular weight excluding hydrogens is 306 g/mol. The Labute approximate surface area is 131 Å². The SMILES string of the molecule is CCC1(CC)OC(CCOS(N)(=O)=O)=C(c2ccccc2)O1. The van der Waals surface area contributed by atoms with Crippen LogP contribution in [0.1, 0.15) is 38.7 Å². The zero-order valence-corrected chi connectivity index (χ0v) is 13.6. The summed E-state index contributed by atoms with van der Waals surface area (Å²) in [6, 6.07) is 9.56. The Morgan fingerprint density at radius 2 is 1.77 bits per heavy atom. The molecule has 0 bridgehead atoms. The number of ether oxygens (including phenoxy) is 2. The first kappa shape index (κ1) is 16.8. The number of rotatable bonds is 7. The van der Waals surface area contributed by atoms with Crippen molar-refractivity contribution in [3.8, 4) is 0 Å². The molecule has 0 atom stereocenters. The van der Waals surface area contributed by atoms with Crippen molar-refractivity contribution in [1.29, 1.82) is 0 Å². The smallest absolute Gasteiger partial charge is 0.333 e. The molecule has 22 heavy (non-hydrogen) atoms. The lowest BCUT2D eigenvalue weighted by atomic mass is 10.1. The first-order valence-corrected chi connectivity index (χ1v) is 8.70.